The molecule has 0 aliphatic heterocycles. The van der Waals surface area contributed by atoms with E-state index in [4.69, 9.17) is 4.52 Å². The normalized spacial score (nSPS) is 13.6. The number of aliphatic hydroxyl groups excluding tert-OH is 2. The molecule has 0 aliphatic carbocycles. The Morgan fingerprint density at radius 1 is 1.00 bits per heavy atom. The van der Waals surface area contributed by atoms with E-state index in [-0.39, 0.29) is 12.2 Å². The highest BCUT2D eigenvalue weighted by atomic mass is 19.1. The summed E-state index contributed by atoms with van der Waals surface area (Å²) in [6.07, 6.45) is -0.322. The number of halogens is 1. The molecule has 1 aromatic heterocycles. The predicted octanol–water partition coefficient (Wildman–Crippen LogP) is 3.90. The van der Waals surface area contributed by atoms with E-state index in [0.29, 0.717) is 24.3 Å². The molecular formula is C20H20FNO3. The predicted molar refractivity (Wildman–Crippen MR) is 92.2 cm³/mol. The molecular weight excluding hydrogens is 321 g/mol. The van der Waals surface area contributed by atoms with Crippen LogP contribution in [-0.2, 0) is 6.42 Å². The zero-order valence-corrected chi connectivity index (χ0v) is 13.7. The van der Waals surface area contributed by atoms with Gasteiger partial charge in [0.05, 0.1) is 6.10 Å². The number of hydrogen-bond donors (Lipinski definition) is 2. The van der Waals surface area contributed by atoms with E-state index >= 15 is 0 Å². The summed E-state index contributed by atoms with van der Waals surface area (Å²) in [6.45, 7) is 0. The van der Waals surface area contributed by atoms with Gasteiger partial charge in [-0.05, 0) is 30.5 Å². The molecule has 2 atom stereocenters. The number of benzene rings is 2. The Morgan fingerprint density at radius 2 is 1.72 bits per heavy atom. The molecule has 0 saturated carbocycles. The largest absolute Gasteiger partial charge is 0.393 e. The number of aromatic nitrogens is 1. The summed E-state index contributed by atoms with van der Waals surface area (Å²) in [5, 5.41) is 24.3. The maximum Gasteiger partial charge on any atom is 0.167 e. The van der Waals surface area contributed by atoms with Gasteiger partial charge in [0.15, 0.2) is 5.76 Å². The SMILES string of the molecule is O[C@@H](CCc1ccc(F)cc1)C[C@H](O)c1cc(-c2ccccc2)on1. The van der Waals surface area contributed by atoms with Crippen molar-refractivity contribution in [3.63, 3.8) is 0 Å². The minimum Gasteiger partial charge on any atom is -0.393 e. The molecule has 4 nitrogen and oxygen atoms in total. The van der Waals surface area contributed by atoms with Crippen LogP contribution in [0.15, 0.2) is 65.2 Å². The molecule has 0 amide bonds. The van der Waals surface area contributed by atoms with Gasteiger partial charge in [0.1, 0.15) is 17.6 Å². The van der Waals surface area contributed by atoms with Crippen molar-refractivity contribution in [1.29, 1.82) is 0 Å². The van der Waals surface area contributed by atoms with Gasteiger partial charge in [-0.15, -0.1) is 0 Å². The summed E-state index contributed by atoms with van der Waals surface area (Å²) in [6, 6.07) is 17.4. The van der Waals surface area contributed by atoms with Gasteiger partial charge in [-0.2, -0.15) is 0 Å². The molecule has 2 N–H and O–H groups in total. The summed E-state index contributed by atoms with van der Waals surface area (Å²) in [5.74, 6) is 0.301. The minimum atomic E-state index is -0.899. The first-order chi connectivity index (χ1) is 12.1. The molecule has 3 rings (SSSR count). The van der Waals surface area contributed by atoms with Crippen molar-refractivity contribution < 1.29 is 19.1 Å². The second-order valence-corrected chi connectivity index (χ2v) is 6.05. The molecule has 0 radical (unpaired) electrons. The van der Waals surface area contributed by atoms with Gasteiger partial charge in [0, 0.05) is 18.1 Å². The van der Waals surface area contributed by atoms with E-state index in [9.17, 15) is 14.6 Å². The average Bonchev–Trinajstić information content (AvgIpc) is 3.12. The van der Waals surface area contributed by atoms with Crippen molar-refractivity contribution in [3.8, 4) is 11.3 Å². The number of aliphatic hydroxyl groups is 2. The molecule has 2 aromatic carbocycles. The third kappa shape index (κ3) is 4.75. The average molecular weight is 341 g/mol. The fraction of sp³-hybridized carbons (Fsp3) is 0.250. The van der Waals surface area contributed by atoms with Crippen LogP contribution in [0.5, 0.6) is 0 Å². The second kappa shape index (κ2) is 8.05. The van der Waals surface area contributed by atoms with Crippen molar-refractivity contribution in [3.05, 3.63) is 77.7 Å². The number of nitrogens with zero attached hydrogens (tertiary/aromatic N) is 1. The fourth-order valence-corrected chi connectivity index (χ4v) is 2.67. The summed E-state index contributed by atoms with van der Waals surface area (Å²) >= 11 is 0. The van der Waals surface area contributed by atoms with Gasteiger partial charge >= 0.3 is 0 Å². The fourth-order valence-electron chi connectivity index (χ4n) is 2.67. The Kier molecular flexibility index (Phi) is 5.58. The molecule has 25 heavy (non-hydrogen) atoms. The van der Waals surface area contributed by atoms with E-state index in [1.54, 1.807) is 18.2 Å². The van der Waals surface area contributed by atoms with Crippen LogP contribution in [0.25, 0.3) is 11.3 Å². The lowest BCUT2D eigenvalue weighted by molar-refractivity contribution is 0.0717. The topological polar surface area (TPSA) is 66.5 Å². The van der Waals surface area contributed by atoms with Crippen LogP contribution in [0.1, 0.15) is 30.2 Å². The number of rotatable bonds is 7. The molecule has 0 unspecified atom stereocenters. The van der Waals surface area contributed by atoms with Gasteiger partial charge in [-0.1, -0.05) is 47.6 Å². The first kappa shape index (κ1) is 17.3. The molecule has 0 fully saturated rings. The number of aryl methyl sites for hydroxylation is 1. The highest BCUT2D eigenvalue weighted by Gasteiger charge is 2.18. The van der Waals surface area contributed by atoms with Crippen LogP contribution < -0.4 is 0 Å². The third-order valence-electron chi connectivity index (χ3n) is 4.10. The lowest BCUT2D eigenvalue weighted by Gasteiger charge is -2.13. The van der Waals surface area contributed by atoms with E-state index in [1.807, 2.05) is 30.3 Å². The van der Waals surface area contributed by atoms with Crippen LogP contribution in [0.4, 0.5) is 4.39 Å². The second-order valence-electron chi connectivity index (χ2n) is 6.05. The van der Waals surface area contributed by atoms with Crippen molar-refractivity contribution in [1.82, 2.24) is 5.16 Å². The zero-order valence-electron chi connectivity index (χ0n) is 13.7. The maximum atomic E-state index is 12.9. The number of hydrogen-bond acceptors (Lipinski definition) is 4. The summed E-state index contributed by atoms with van der Waals surface area (Å²) < 4.78 is 18.1. The van der Waals surface area contributed by atoms with Crippen LogP contribution >= 0.6 is 0 Å². The lowest BCUT2D eigenvalue weighted by atomic mass is 10.0. The summed E-state index contributed by atoms with van der Waals surface area (Å²) in [5.41, 5.74) is 2.23. The Hall–Kier alpha value is -2.50. The third-order valence-corrected chi connectivity index (χ3v) is 4.10. The monoisotopic (exact) mass is 341 g/mol. The van der Waals surface area contributed by atoms with E-state index in [1.165, 1.54) is 12.1 Å². The molecule has 3 aromatic rings. The van der Waals surface area contributed by atoms with Crippen LogP contribution in [0.2, 0.25) is 0 Å². The van der Waals surface area contributed by atoms with Crippen LogP contribution in [0.3, 0.4) is 0 Å². The van der Waals surface area contributed by atoms with Crippen molar-refractivity contribution in [2.75, 3.05) is 0 Å². The van der Waals surface area contributed by atoms with E-state index in [2.05, 4.69) is 5.16 Å². The van der Waals surface area contributed by atoms with Crippen molar-refractivity contribution in [2.24, 2.45) is 0 Å². The van der Waals surface area contributed by atoms with Crippen LogP contribution in [-0.4, -0.2) is 21.5 Å². The van der Waals surface area contributed by atoms with Gasteiger partial charge in [-0.25, -0.2) is 4.39 Å². The molecule has 0 saturated heterocycles. The van der Waals surface area contributed by atoms with Gasteiger partial charge in [0.2, 0.25) is 0 Å². The van der Waals surface area contributed by atoms with E-state index < -0.39 is 12.2 Å². The van der Waals surface area contributed by atoms with Gasteiger partial charge in [-0.3, -0.25) is 0 Å². The zero-order chi connectivity index (χ0) is 17.6. The molecule has 0 aliphatic rings. The first-order valence-corrected chi connectivity index (χ1v) is 8.24. The quantitative estimate of drug-likeness (QED) is 0.684. The van der Waals surface area contributed by atoms with Crippen molar-refractivity contribution >= 4 is 0 Å². The van der Waals surface area contributed by atoms with E-state index in [0.717, 1.165) is 11.1 Å². The highest BCUT2D eigenvalue weighted by molar-refractivity contribution is 5.56. The van der Waals surface area contributed by atoms with Gasteiger partial charge < -0.3 is 14.7 Å². The smallest absolute Gasteiger partial charge is 0.167 e. The lowest BCUT2D eigenvalue weighted by Crippen LogP contribution is -2.13. The molecule has 0 bridgehead atoms. The van der Waals surface area contributed by atoms with Crippen LogP contribution in [0, 0.1) is 5.82 Å². The van der Waals surface area contributed by atoms with Crippen molar-refractivity contribution in [2.45, 2.75) is 31.5 Å². The summed E-state index contributed by atoms with van der Waals surface area (Å²) in [7, 11) is 0. The Morgan fingerprint density at radius 3 is 2.44 bits per heavy atom. The Labute approximate surface area is 145 Å². The summed E-state index contributed by atoms with van der Waals surface area (Å²) in [4.78, 5) is 0. The Bertz CT molecular complexity index is 786. The highest BCUT2D eigenvalue weighted by Crippen LogP contribution is 2.25. The molecule has 1 heterocycles. The van der Waals surface area contributed by atoms with Gasteiger partial charge in [0.25, 0.3) is 0 Å². The minimum absolute atomic E-state index is 0.169. The molecule has 5 heteroatoms. The Balaban J connectivity index is 1.54. The first-order valence-electron chi connectivity index (χ1n) is 8.24. The molecule has 130 valence electrons. The maximum absolute atomic E-state index is 12.9. The molecule has 0 spiro atoms. The standard InChI is InChI=1S/C20H20FNO3/c21-16-9-6-14(7-10-16)8-11-17(23)12-19(24)18-13-20(25-22-18)15-4-2-1-3-5-15/h1-7,9-10,13,17,19,23-24H,8,11-12H2/t17-,19-/m0/s1.